The van der Waals surface area contributed by atoms with Gasteiger partial charge in [0.25, 0.3) is 0 Å². The highest BCUT2D eigenvalue weighted by molar-refractivity contribution is 8.02. The summed E-state index contributed by atoms with van der Waals surface area (Å²) in [7, 11) is 0. The lowest BCUT2D eigenvalue weighted by molar-refractivity contribution is -0.154. The van der Waals surface area contributed by atoms with Gasteiger partial charge in [-0.25, -0.2) is 0 Å². The average molecular weight is 493 g/mol. The van der Waals surface area contributed by atoms with E-state index in [1.54, 1.807) is 33.7 Å². The first kappa shape index (κ1) is 26.8. The molecule has 3 heterocycles. The van der Waals surface area contributed by atoms with Gasteiger partial charge < -0.3 is 19.6 Å². The Bertz CT molecular complexity index is 810. The molecule has 7 nitrogen and oxygen atoms in total. The first-order valence-corrected chi connectivity index (χ1v) is 13.3. The van der Waals surface area contributed by atoms with Crippen molar-refractivity contribution in [3.8, 4) is 0 Å². The van der Waals surface area contributed by atoms with E-state index in [1.165, 1.54) is 0 Å². The van der Waals surface area contributed by atoms with Gasteiger partial charge in [-0.2, -0.15) is 0 Å². The van der Waals surface area contributed by atoms with Gasteiger partial charge in [-0.05, 0) is 59.3 Å². The molecular weight excluding hydrogens is 452 g/mol. The molecule has 3 aliphatic heterocycles. The normalized spacial score (nSPS) is 29.8. The Labute approximate surface area is 208 Å². The quantitative estimate of drug-likeness (QED) is 0.256. The van der Waals surface area contributed by atoms with Gasteiger partial charge in [-0.15, -0.1) is 24.9 Å². The minimum Gasteiger partial charge on any atom is -0.465 e. The van der Waals surface area contributed by atoms with E-state index in [0.717, 1.165) is 19.3 Å². The zero-order valence-corrected chi connectivity index (χ0v) is 21.6. The van der Waals surface area contributed by atoms with Crippen LogP contribution in [0.1, 0.15) is 59.3 Å². The Morgan fingerprint density at radius 3 is 2.62 bits per heavy atom. The average Bonchev–Trinajstić information content (AvgIpc) is 3.41. The predicted molar refractivity (Wildman–Crippen MR) is 134 cm³/mol. The van der Waals surface area contributed by atoms with E-state index in [9.17, 15) is 14.4 Å². The summed E-state index contributed by atoms with van der Waals surface area (Å²) in [4.78, 5) is 44.7. The van der Waals surface area contributed by atoms with Crippen molar-refractivity contribution in [1.82, 2.24) is 9.80 Å². The number of aliphatic hydroxyl groups is 1. The Balaban J connectivity index is 1.96. The third kappa shape index (κ3) is 4.81. The minimum absolute atomic E-state index is 0.000453. The molecule has 34 heavy (non-hydrogen) atoms. The highest BCUT2D eigenvalue weighted by Gasteiger charge is 2.74. The van der Waals surface area contributed by atoms with Crippen LogP contribution in [0.3, 0.4) is 0 Å². The maximum Gasteiger partial charge on any atom is 0.310 e. The molecule has 0 radical (unpaired) electrons. The SMILES string of the molecule is C=CCCOC(=O)[C@@H]1[C@H]2C(=O)N(CCCCCO)C(C(=O)N(CC=C)C(C)(C)C)C23CC[C@H]1S3. The van der Waals surface area contributed by atoms with Gasteiger partial charge in [0.1, 0.15) is 6.04 Å². The van der Waals surface area contributed by atoms with E-state index < -0.39 is 28.2 Å². The van der Waals surface area contributed by atoms with Crippen LogP contribution in [0.15, 0.2) is 25.3 Å². The monoisotopic (exact) mass is 492 g/mol. The van der Waals surface area contributed by atoms with Crippen LogP contribution in [0.2, 0.25) is 0 Å². The third-order valence-corrected chi connectivity index (χ3v) is 9.27. The molecule has 1 N–H and O–H groups in total. The fourth-order valence-corrected chi connectivity index (χ4v) is 8.02. The summed E-state index contributed by atoms with van der Waals surface area (Å²) in [6, 6.07) is -0.612. The zero-order chi connectivity index (χ0) is 25.1. The Morgan fingerprint density at radius 1 is 1.26 bits per heavy atom. The number of fused-ring (bicyclic) bond motifs is 1. The van der Waals surface area contributed by atoms with Gasteiger partial charge in [0.05, 0.1) is 23.2 Å². The molecule has 5 atom stereocenters. The Hall–Kier alpha value is -1.80. The van der Waals surface area contributed by atoms with E-state index in [1.807, 2.05) is 20.8 Å². The molecule has 8 heteroatoms. The first-order valence-electron chi connectivity index (χ1n) is 12.4. The number of hydrogen-bond donors (Lipinski definition) is 1. The molecule has 0 aliphatic carbocycles. The molecule has 0 aromatic heterocycles. The van der Waals surface area contributed by atoms with Gasteiger partial charge in [0.15, 0.2) is 0 Å². The topological polar surface area (TPSA) is 87.1 Å². The number of esters is 1. The maximum atomic E-state index is 14.1. The number of rotatable bonds is 12. The molecule has 2 amide bonds. The number of hydrogen-bond acceptors (Lipinski definition) is 6. The zero-order valence-electron chi connectivity index (χ0n) is 20.8. The molecular formula is C26H40N2O5S. The smallest absolute Gasteiger partial charge is 0.310 e. The standard InChI is InChI=1S/C26H40N2O5S/c1-6-8-17-33-24(32)19-18-12-13-26(34-18)20(19)22(30)27(15-10-9-11-16-29)21(26)23(31)28(14-7-2)25(3,4)5/h6-7,18-21,29H,1-2,8-17H2,3-5H3/t18-,19+,20+,21?,26?/m1/s1. The molecule has 0 aromatic carbocycles. The highest BCUT2D eigenvalue weighted by atomic mass is 32.2. The largest absolute Gasteiger partial charge is 0.465 e. The van der Waals surface area contributed by atoms with Crippen LogP contribution in [-0.2, 0) is 19.1 Å². The van der Waals surface area contributed by atoms with Crippen molar-refractivity contribution in [3.63, 3.8) is 0 Å². The van der Waals surface area contributed by atoms with E-state index in [0.29, 0.717) is 32.4 Å². The van der Waals surface area contributed by atoms with Crippen LogP contribution in [0.5, 0.6) is 0 Å². The summed E-state index contributed by atoms with van der Waals surface area (Å²) < 4.78 is 4.92. The van der Waals surface area contributed by atoms with Crippen molar-refractivity contribution >= 4 is 29.5 Å². The van der Waals surface area contributed by atoms with Gasteiger partial charge in [0.2, 0.25) is 11.8 Å². The number of unbranched alkanes of at least 4 members (excludes halogenated alkanes) is 2. The maximum absolute atomic E-state index is 14.1. The highest BCUT2D eigenvalue weighted by Crippen LogP contribution is 2.66. The molecule has 3 saturated heterocycles. The molecule has 0 saturated carbocycles. The molecule has 3 fully saturated rings. The lowest BCUT2D eigenvalue weighted by atomic mass is 9.71. The molecule has 2 bridgehead atoms. The summed E-state index contributed by atoms with van der Waals surface area (Å²) in [5, 5.41) is 9.16. The number of carbonyl (C=O) groups is 3. The summed E-state index contributed by atoms with van der Waals surface area (Å²) in [5.74, 6) is -1.55. The number of likely N-dealkylation sites (tertiary alicyclic amines) is 1. The number of ether oxygens (including phenoxy) is 1. The van der Waals surface area contributed by atoms with Crippen molar-refractivity contribution in [2.75, 3.05) is 26.3 Å². The van der Waals surface area contributed by atoms with Gasteiger partial charge in [-0.1, -0.05) is 12.2 Å². The fourth-order valence-electron chi connectivity index (χ4n) is 5.82. The number of thioether (sulfide) groups is 1. The predicted octanol–water partition coefficient (Wildman–Crippen LogP) is 3.17. The lowest BCUT2D eigenvalue weighted by Crippen LogP contribution is -2.58. The van der Waals surface area contributed by atoms with Crippen molar-refractivity contribution in [2.24, 2.45) is 11.8 Å². The third-order valence-electron chi connectivity index (χ3n) is 7.32. The number of carbonyl (C=O) groups excluding carboxylic acids is 3. The van der Waals surface area contributed by atoms with Crippen molar-refractivity contribution in [3.05, 3.63) is 25.3 Å². The van der Waals surface area contributed by atoms with Crippen LogP contribution < -0.4 is 0 Å². The Kier molecular flexibility index (Phi) is 8.56. The second-order valence-electron chi connectivity index (χ2n) is 10.5. The second-order valence-corrected chi connectivity index (χ2v) is 12.1. The molecule has 190 valence electrons. The van der Waals surface area contributed by atoms with E-state index >= 15 is 0 Å². The van der Waals surface area contributed by atoms with E-state index in [4.69, 9.17) is 9.84 Å². The van der Waals surface area contributed by atoms with Crippen LogP contribution in [0, 0.1) is 11.8 Å². The summed E-state index contributed by atoms with van der Waals surface area (Å²) in [6.45, 7) is 14.7. The van der Waals surface area contributed by atoms with Crippen LogP contribution in [0.4, 0.5) is 0 Å². The summed E-state index contributed by atoms with van der Waals surface area (Å²) >= 11 is 1.66. The number of amides is 2. The van der Waals surface area contributed by atoms with Crippen molar-refractivity contribution in [1.29, 1.82) is 0 Å². The summed E-state index contributed by atoms with van der Waals surface area (Å²) in [5.41, 5.74) is -0.435. The van der Waals surface area contributed by atoms with Crippen molar-refractivity contribution < 1.29 is 24.2 Å². The molecule has 3 rings (SSSR count). The number of aliphatic hydroxyl groups excluding tert-OH is 1. The lowest BCUT2D eigenvalue weighted by Gasteiger charge is -2.42. The van der Waals surface area contributed by atoms with Gasteiger partial charge in [-0.3, -0.25) is 14.4 Å². The number of nitrogens with zero attached hydrogens (tertiary/aromatic N) is 2. The van der Waals surface area contributed by atoms with E-state index in [2.05, 4.69) is 13.2 Å². The van der Waals surface area contributed by atoms with Crippen molar-refractivity contribution in [2.45, 2.75) is 80.9 Å². The minimum atomic E-state index is -0.612. The van der Waals surface area contributed by atoms with Gasteiger partial charge in [0, 0.05) is 30.5 Å². The first-order chi connectivity index (χ1) is 16.1. The van der Waals surface area contributed by atoms with E-state index in [-0.39, 0.29) is 36.2 Å². The summed E-state index contributed by atoms with van der Waals surface area (Å²) in [6.07, 6.45) is 7.68. The van der Waals surface area contributed by atoms with Crippen LogP contribution in [0.25, 0.3) is 0 Å². The fraction of sp³-hybridized carbons (Fsp3) is 0.731. The van der Waals surface area contributed by atoms with Crippen LogP contribution >= 0.6 is 11.8 Å². The molecule has 3 aliphatic rings. The molecule has 1 spiro atoms. The Morgan fingerprint density at radius 2 is 2.00 bits per heavy atom. The van der Waals surface area contributed by atoms with Crippen LogP contribution in [-0.4, -0.2) is 80.6 Å². The molecule has 2 unspecified atom stereocenters. The van der Waals surface area contributed by atoms with Gasteiger partial charge >= 0.3 is 5.97 Å². The second kappa shape index (κ2) is 10.9. The molecule has 0 aromatic rings.